The molecule has 0 bridgehead atoms. The number of allylic oxidation sites excluding steroid dienone is 2. The van der Waals surface area contributed by atoms with Gasteiger partial charge in [0.15, 0.2) is 0 Å². The Morgan fingerprint density at radius 1 is 1.10 bits per heavy atom. The van der Waals surface area contributed by atoms with Gasteiger partial charge in [-0.15, -0.1) is 0 Å². The fourth-order valence-electron chi connectivity index (χ4n) is 3.87. The molecule has 2 aliphatic carbocycles. The van der Waals surface area contributed by atoms with Gasteiger partial charge in [0.2, 0.25) is 0 Å². The summed E-state index contributed by atoms with van der Waals surface area (Å²) in [5.41, 5.74) is 1.91. The monoisotopic (exact) mass is 292 g/mol. The molecule has 3 aliphatic rings. The van der Waals surface area contributed by atoms with E-state index in [2.05, 4.69) is 47.6 Å². The van der Waals surface area contributed by atoms with E-state index in [1.807, 2.05) is 0 Å². The normalized spacial score (nSPS) is 38.5. The smallest absolute Gasteiger partial charge is 0.0920 e. The van der Waals surface area contributed by atoms with Crippen LogP contribution < -0.4 is 0 Å². The zero-order valence-electron chi connectivity index (χ0n) is 15.1. The van der Waals surface area contributed by atoms with Crippen molar-refractivity contribution in [1.82, 2.24) is 0 Å². The molecule has 1 saturated carbocycles. The molecule has 0 amide bonds. The van der Waals surface area contributed by atoms with E-state index in [-0.39, 0.29) is 0 Å². The van der Waals surface area contributed by atoms with Crippen molar-refractivity contribution < 1.29 is 4.74 Å². The van der Waals surface area contributed by atoms with Crippen LogP contribution in [-0.4, -0.2) is 11.7 Å². The Hall–Kier alpha value is -0.300. The highest BCUT2D eigenvalue weighted by Gasteiger charge is 2.55. The Kier molecular flexibility index (Phi) is 5.57. The van der Waals surface area contributed by atoms with Crippen molar-refractivity contribution in [2.75, 3.05) is 0 Å². The maximum Gasteiger partial charge on any atom is 0.0920 e. The van der Waals surface area contributed by atoms with Gasteiger partial charge >= 0.3 is 0 Å². The lowest BCUT2D eigenvalue weighted by Gasteiger charge is -2.25. The summed E-state index contributed by atoms with van der Waals surface area (Å²) in [6.45, 7) is 13.8. The summed E-state index contributed by atoms with van der Waals surface area (Å²) in [7, 11) is 0. The fourth-order valence-corrected chi connectivity index (χ4v) is 3.87. The summed E-state index contributed by atoms with van der Waals surface area (Å²) in [5.74, 6) is 3.62. The highest BCUT2D eigenvalue weighted by atomic mass is 16.6. The van der Waals surface area contributed by atoms with Crippen LogP contribution >= 0.6 is 0 Å². The van der Waals surface area contributed by atoms with Crippen LogP contribution in [0.1, 0.15) is 80.1 Å². The molecule has 1 nitrogen and oxygen atoms in total. The topological polar surface area (TPSA) is 12.5 Å². The summed E-state index contributed by atoms with van der Waals surface area (Å²) in [5, 5.41) is 0. The van der Waals surface area contributed by atoms with Crippen LogP contribution in [0, 0.1) is 23.7 Å². The van der Waals surface area contributed by atoms with E-state index in [4.69, 9.17) is 4.74 Å². The van der Waals surface area contributed by atoms with E-state index in [1.165, 1.54) is 38.5 Å². The molecule has 1 heteroatoms. The van der Waals surface area contributed by atoms with Crippen LogP contribution in [0.2, 0.25) is 0 Å². The number of fused-ring (bicyclic) bond motifs is 1. The number of hydrogen-bond donors (Lipinski definition) is 0. The third kappa shape index (κ3) is 4.58. The second-order valence-corrected chi connectivity index (χ2v) is 8.53. The molecule has 0 aromatic carbocycles. The molecular formula is C20H36O. The summed E-state index contributed by atoms with van der Waals surface area (Å²) >= 11 is 0. The molecule has 0 N–H and O–H groups in total. The van der Waals surface area contributed by atoms with Crippen LogP contribution in [0.25, 0.3) is 0 Å². The molecular weight excluding hydrogens is 256 g/mol. The molecule has 21 heavy (non-hydrogen) atoms. The zero-order chi connectivity index (χ0) is 15.6. The Bertz CT molecular complexity index is 368. The number of hydrogen-bond acceptors (Lipinski definition) is 1. The molecule has 1 heterocycles. The predicted octanol–water partition coefficient (Wildman–Crippen LogP) is 5.99. The minimum Gasteiger partial charge on any atom is -0.366 e. The number of ether oxygens (including phenoxy) is 1. The van der Waals surface area contributed by atoms with Crippen molar-refractivity contribution in [2.45, 2.75) is 91.8 Å². The van der Waals surface area contributed by atoms with Crippen LogP contribution in [0.4, 0.5) is 0 Å². The minimum atomic E-state index is 0.311. The lowest BCUT2D eigenvalue weighted by molar-refractivity contribution is 0.275. The quantitative estimate of drug-likeness (QED) is 0.450. The molecule has 2 unspecified atom stereocenters. The van der Waals surface area contributed by atoms with E-state index < -0.39 is 0 Å². The largest absolute Gasteiger partial charge is 0.366 e. The van der Waals surface area contributed by atoms with Gasteiger partial charge < -0.3 is 4.74 Å². The molecule has 2 fully saturated rings. The van der Waals surface area contributed by atoms with Crippen molar-refractivity contribution in [3.05, 3.63) is 11.6 Å². The van der Waals surface area contributed by atoms with Gasteiger partial charge in [-0.3, -0.25) is 0 Å². The molecule has 0 radical (unpaired) electrons. The lowest BCUT2D eigenvalue weighted by atomic mass is 9.78. The van der Waals surface area contributed by atoms with Crippen LogP contribution in [0.3, 0.4) is 0 Å². The van der Waals surface area contributed by atoms with Gasteiger partial charge in [0.05, 0.1) is 11.7 Å². The first kappa shape index (κ1) is 17.1. The van der Waals surface area contributed by atoms with Gasteiger partial charge in [0.1, 0.15) is 0 Å². The maximum atomic E-state index is 5.65. The third-order valence-electron chi connectivity index (χ3n) is 6.13. The molecule has 1 aliphatic heterocycles. The first-order valence-corrected chi connectivity index (χ1v) is 9.15. The average Bonchev–Trinajstić information content (AvgIpc) is 3.10. The van der Waals surface area contributed by atoms with Gasteiger partial charge in [-0.1, -0.05) is 39.3 Å². The van der Waals surface area contributed by atoms with Crippen LogP contribution in [0.5, 0.6) is 0 Å². The number of epoxide rings is 1. The Labute approximate surface area is 132 Å². The van der Waals surface area contributed by atoms with Crippen molar-refractivity contribution >= 4 is 0 Å². The second kappa shape index (κ2) is 6.86. The van der Waals surface area contributed by atoms with E-state index >= 15 is 0 Å². The Morgan fingerprint density at radius 3 is 2.24 bits per heavy atom. The molecule has 4 atom stereocenters. The van der Waals surface area contributed by atoms with Gasteiger partial charge in [-0.2, -0.15) is 0 Å². The summed E-state index contributed by atoms with van der Waals surface area (Å²) in [6.07, 6.45) is 11.1. The van der Waals surface area contributed by atoms with Gasteiger partial charge in [-0.05, 0) is 76.0 Å². The highest BCUT2D eigenvalue weighted by Crippen LogP contribution is 2.50. The van der Waals surface area contributed by atoms with Gasteiger partial charge in [-0.25, -0.2) is 0 Å². The van der Waals surface area contributed by atoms with E-state index in [9.17, 15) is 0 Å². The summed E-state index contributed by atoms with van der Waals surface area (Å²) in [6, 6.07) is 0. The number of rotatable bonds is 2. The van der Waals surface area contributed by atoms with Gasteiger partial charge in [0, 0.05) is 0 Å². The molecule has 0 aromatic rings. The molecule has 122 valence electrons. The summed E-state index contributed by atoms with van der Waals surface area (Å²) < 4.78 is 5.65. The predicted molar refractivity (Wildman–Crippen MR) is 91.4 cm³/mol. The highest BCUT2D eigenvalue weighted by molar-refractivity contribution is 5.04. The first-order valence-electron chi connectivity index (χ1n) is 9.15. The van der Waals surface area contributed by atoms with Crippen LogP contribution in [0.15, 0.2) is 11.6 Å². The third-order valence-corrected chi connectivity index (χ3v) is 6.13. The Morgan fingerprint density at radius 2 is 1.76 bits per heavy atom. The van der Waals surface area contributed by atoms with Crippen molar-refractivity contribution in [2.24, 2.45) is 23.7 Å². The SMILES string of the molecule is CC(C)[C@@H]1CCC2(C)OC2C1.CC1=CC[C@H](C(C)C)CC1. The standard InChI is InChI=1S/C10H18O.C10H18/c1-7(2)8-4-5-10(3)9(6-8)11-10;1-8(2)10-6-4-9(3)5-7-10/h7-9H,4-6H2,1-3H3;4,8,10H,5-7H2,1-3H3/t8-,9?,10?;10-/m10/s1. The average molecular weight is 293 g/mol. The van der Waals surface area contributed by atoms with E-state index in [0.717, 1.165) is 23.7 Å². The molecule has 0 spiro atoms. The van der Waals surface area contributed by atoms with E-state index in [0.29, 0.717) is 11.7 Å². The first-order chi connectivity index (χ1) is 9.82. The Balaban J connectivity index is 0.000000155. The van der Waals surface area contributed by atoms with Crippen molar-refractivity contribution in [1.29, 1.82) is 0 Å². The molecule has 1 saturated heterocycles. The molecule has 3 rings (SSSR count). The van der Waals surface area contributed by atoms with Gasteiger partial charge in [0.25, 0.3) is 0 Å². The summed E-state index contributed by atoms with van der Waals surface area (Å²) in [4.78, 5) is 0. The van der Waals surface area contributed by atoms with E-state index in [1.54, 1.807) is 5.57 Å². The maximum absolute atomic E-state index is 5.65. The molecule has 0 aromatic heterocycles. The zero-order valence-corrected chi connectivity index (χ0v) is 15.1. The van der Waals surface area contributed by atoms with Crippen molar-refractivity contribution in [3.63, 3.8) is 0 Å². The van der Waals surface area contributed by atoms with Crippen LogP contribution in [-0.2, 0) is 4.74 Å². The minimum absolute atomic E-state index is 0.311. The fraction of sp³-hybridized carbons (Fsp3) is 0.900. The lowest BCUT2D eigenvalue weighted by Crippen LogP contribution is -2.24. The second-order valence-electron chi connectivity index (χ2n) is 8.53. The van der Waals surface area contributed by atoms with Crippen molar-refractivity contribution in [3.8, 4) is 0 Å².